The summed E-state index contributed by atoms with van der Waals surface area (Å²) >= 11 is 0. The highest BCUT2D eigenvalue weighted by molar-refractivity contribution is 6.01. The largest absolute Gasteiger partial charge is 0.392 e. The number of halogens is 1. The number of carbonyl (C=O) groups excluding carboxylic acids is 1. The number of nitro benzene ring substituents is 1. The van der Waals surface area contributed by atoms with Crippen molar-refractivity contribution >= 4 is 17.3 Å². The fourth-order valence-corrected chi connectivity index (χ4v) is 1.69. The van der Waals surface area contributed by atoms with Crippen molar-refractivity contribution in [3.63, 3.8) is 0 Å². The molecular formula is C11H11FN6O3. The van der Waals surface area contributed by atoms with Crippen molar-refractivity contribution in [3.05, 3.63) is 45.8 Å². The molecule has 110 valence electrons. The highest BCUT2D eigenvalue weighted by Crippen LogP contribution is 2.27. The van der Waals surface area contributed by atoms with Crippen molar-refractivity contribution in [1.29, 1.82) is 0 Å². The van der Waals surface area contributed by atoms with Gasteiger partial charge in [-0.25, -0.2) is 4.39 Å². The average Bonchev–Trinajstić information content (AvgIpc) is 2.81. The van der Waals surface area contributed by atoms with Crippen molar-refractivity contribution in [2.75, 3.05) is 5.73 Å². The van der Waals surface area contributed by atoms with Crippen LogP contribution in [-0.2, 0) is 13.6 Å². The van der Waals surface area contributed by atoms with E-state index in [9.17, 15) is 19.3 Å². The standard InChI is InChI=1S/C11H11FN6O3/c1-17-5-15-16-8(17)4-14-11(19)9-6(12)2-3-7(10(9)13)18(20)21/h2-3,5H,4,13H2,1H3,(H,14,19). The van der Waals surface area contributed by atoms with Crippen LogP contribution in [0.25, 0.3) is 0 Å². The normalized spacial score (nSPS) is 10.4. The summed E-state index contributed by atoms with van der Waals surface area (Å²) in [6.07, 6.45) is 1.43. The van der Waals surface area contributed by atoms with Crippen LogP contribution in [0.5, 0.6) is 0 Å². The molecule has 0 aliphatic heterocycles. The topological polar surface area (TPSA) is 129 Å². The summed E-state index contributed by atoms with van der Waals surface area (Å²) in [5.74, 6) is -1.36. The molecule has 0 saturated carbocycles. The molecule has 1 aromatic carbocycles. The van der Waals surface area contributed by atoms with Crippen LogP contribution in [0.4, 0.5) is 15.8 Å². The zero-order valence-corrected chi connectivity index (χ0v) is 10.9. The lowest BCUT2D eigenvalue weighted by molar-refractivity contribution is -0.384. The second kappa shape index (κ2) is 5.53. The molecule has 0 bridgehead atoms. The van der Waals surface area contributed by atoms with Gasteiger partial charge >= 0.3 is 0 Å². The number of hydrogen-bond donors (Lipinski definition) is 2. The van der Waals surface area contributed by atoms with Crippen molar-refractivity contribution in [1.82, 2.24) is 20.1 Å². The van der Waals surface area contributed by atoms with E-state index in [0.717, 1.165) is 12.1 Å². The van der Waals surface area contributed by atoms with E-state index in [0.29, 0.717) is 5.82 Å². The van der Waals surface area contributed by atoms with Crippen LogP contribution >= 0.6 is 0 Å². The van der Waals surface area contributed by atoms with Gasteiger partial charge in [-0.3, -0.25) is 14.9 Å². The molecule has 2 aromatic rings. The minimum atomic E-state index is -0.937. The van der Waals surface area contributed by atoms with E-state index in [1.807, 2.05) is 0 Å². The molecule has 3 N–H and O–H groups in total. The number of nitrogen functional groups attached to an aromatic ring is 1. The molecule has 9 nitrogen and oxygen atoms in total. The van der Waals surface area contributed by atoms with Crippen molar-refractivity contribution in [2.45, 2.75) is 6.54 Å². The maximum atomic E-state index is 13.7. The Bertz CT molecular complexity index is 714. The zero-order valence-electron chi connectivity index (χ0n) is 10.9. The Balaban J connectivity index is 2.25. The Morgan fingerprint density at radius 3 is 2.86 bits per heavy atom. The fraction of sp³-hybridized carbons (Fsp3) is 0.182. The highest BCUT2D eigenvalue weighted by atomic mass is 19.1. The van der Waals surface area contributed by atoms with E-state index in [1.54, 1.807) is 11.6 Å². The second-order valence-electron chi connectivity index (χ2n) is 4.15. The van der Waals surface area contributed by atoms with Gasteiger partial charge in [-0.15, -0.1) is 10.2 Å². The first-order valence-electron chi connectivity index (χ1n) is 5.75. The maximum Gasteiger partial charge on any atom is 0.293 e. The Labute approximate surface area is 117 Å². The number of nitrogens with one attached hydrogen (secondary N) is 1. The smallest absolute Gasteiger partial charge is 0.293 e. The van der Waals surface area contributed by atoms with Crippen LogP contribution in [0.1, 0.15) is 16.2 Å². The number of rotatable bonds is 4. The molecule has 0 aliphatic carbocycles. The Hall–Kier alpha value is -3.04. The number of nitrogens with zero attached hydrogens (tertiary/aromatic N) is 4. The van der Waals surface area contributed by atoms with Crippen LogP contribution in [0.3, 0.4) is 0 Å². The Morgan fingerprint density at radius 2 is 2.29 bits per heavy atom. The molecule has 2 rings (SSSR count). The third kappa shape index (κ3) is 2.78. The molecule has 1 heterocycles. The van der Waals surface area contributed by atoms with E-state index < -0.39 is 33.6 Å². The molecule has 0 unspecified atom stereocenters. The highest BCUT2D eigenvalue weighted by Gasteiger charge is 2.23. The number of aromatic nitrogens is 3. The Kier molecular flexibility index (Phi) is 3.78. The summed E-state index contributed by atoms with van der Waals surface area (Å²) in [6.45, 7) is -0.0170. The minimum Gasteiger partial charge on any atom is -0.392 e. The lowest BCUT2D eigenvalue weighted by Gasteiger charge is -2.08. The number of anilines is 1. The first kappa shape index (κ1) is 14.4. The van der Waals surface area contributed by atoms with Crippen LogP contribution < -0.4 is 11.1 Å². The first-order chi connectivity index (χ1) is 9.91. The minimum absolute atomic E-state index is 0.0170. The summed E-state index contributed by atoms with van der Waals surface area (Å²) in [5, 5.41) is 20.5. The van der Waals surface area contributed by atoms with Gasteiger partial charge in [0.2, 0.25) is 0 Å². The van der Waals surface area contributed by atoms with Crippen molar-refractivity contribution in [3.8, 4) is 0 Å². The molecule has 0 atom stereocenters. The average molecular weight is 294 g/mol. The van der Waals surface area contributed by atoms with E-state index in [-0.39, 0.29) is 6.54 Å². The van der Waals surface area contributed by atoms with Gasteiger partial charge < -0.3 is 15.6 Å². The number of nitrogens with two attached hydrogens (primary N) is 1. The van der Waals surface area contributed by atoms with E-state index in [1.165, 1.54) is 6.33 Å². The molecule has 21 heavy (non-hydrogen) atoms. The van der Waals surface area contributed by atoms with Crippen molar-refractivity contribution in [2.24, 2.45) is 7.05 Å². The number of aryl methyl sites for hydroxylation is 1. The molecule has 1 amide bonds. The van der Waals surface area contributed by atoms with Crippen molar-refractivity contribution < 1.29 is 14.1 Å². The Morgan fingerprint density at radius 1 is 1.57 bits per heavy atom. The van der Waals surface area contributed by atoms with E-state index in [2.05, 4.69) is 15.5 Å². The monoisotopic (exact) mass is 294 g/mol. The van der Waals surface area contributed by atoms with Gasteiger partial charge in [-0.2, -0.15) is 0 Å². The van der Waals surface area contributed by atoms with Crippen LogP contribution in [-0.4, -0.2) is 25.6 Å². The predicted molar refractivity (Wildman–Crippen MR) is 69.6 cm³/mol. The quantitative estimate of drug-likeness (QED) is 0.476. The first-order valence-corrected chi connectivity index (χ1v) is 5.75. The third-order valence-electron chi connectivity index (χ3n) is 2.81. The van der Waals surface area contributed by atoms with Crippen LogP contribution in [0.15, 0.2) is 18.5 Å². The molecule has 10 heteroatoms. The molecule has 0 spiro atoms. The summed E-state index contributed by atoms with van der Waals surface area (Å²) in [7, 11) is 1.67. The van der Waals surface area contributed by atoms with Gasteiger partial charge in [0.25, 0.3) is 11.6 Å². The van der Waals surface area contributed by atoms with Gasteiger partial charge in [-0.1, -0.05) is 0 Å². The number of carbonyl (C=O) groups is 1. The number of nitro groups is 1. The van der Waals surface area contributed by atoms with Gasteiger partial charge in [0.15, 0.2) is 5.82 Å². The van der Waals surface area contributed by atoms with Crippen LogP contribution in [0.2, 0.25) is 0 Å². The molecule has 0 saturated heterocycles. The third-order valence-corrected chi connectivity index (χ3v) is 2.81. The van der Waals surface area contributed by atoms with Gasteiger partial charge in [0, 0.05) is 13.1 Å². The number of hydrogen-bond acceptors (Lipinski definition) is 6. The lowest BCUT2D eigenvalue weighted by Crippen LogP contribution is -2.26. The summed E-state index contributed by atoms with van der Waals surface area (Å²) < 4.78 is 15.3. The van der Waals surface area contributed by atoms with Gasteiger partial charge in [0.1, 0.15) is 23.4 Å². The molecule has 0 fully saturated rings. The summed E-state index contributed by atoms with van der Waals surface area (Å²) in [4.78, 5) is 21.9. The number of benzene rings is 1. The predicted octanol–water partition coefficient (Wildman–Crippen LogP) is 0.375. The molecule has 0 aliphatic rings. The maximum absolute atomic E-state index is 13.7. The fourth-order valence-electron chi connectivity index (χ4n) is 1.69. The summed E-state index contributed by atoms with van der Waals surface area (Å²) in [6, 6.07) is 1.73. The molecule has 1 aromatic heterocycles. The molecule has 0 radical (unpaired) electrons. The van der Waals surface area contributed by atoms with Gasteiger partial charge in [-0.05, 0) is 6.07 Å². The lowest BCUT2D eigenvalue weighted by atomic mass is 10.1. The zero-order chi connectivity index (χ0) is 15.6. The SMILES string of the molecule is Cn1cnnc1CNC(=O)c1c(F)ccc([N+](=O)[O-])c1N. The second-order valence-corrected chi connectivity index (χ2v) is 4.15. The number of amides is 1. The van der Waals surface area contributed by atoms with E-state index >= 15 is 0 Å². The summed E-state index contributed by atoms with van der Waals surface area (Å²) in [5.41, 5.74) is 3.88. The van der Waals surface area contributed by atoms with E-state index in [4.69, 9.17) is 5.73 Å². The molecular weight excluding hydrogens is 283 g/mol. The van der Waals surface area contributed by atoms with Gasteiger partial charge in [0.05, 0.1) is 11.5 Å². The van der Waals surface area contributed by atoms with Crippen LogP contribution in [0, 0.1) is 15.9 Å².